The van der Waals surface area contributed by atoms with E-state index in [-0.39, 0.29) is 40.5 Å². The fraction of sp³-hybridized carbons (Fsp3) is 0.360. The van der Waals surface area contributed by atoms with Crippen LogP contribution in [0.2, 0.25) is 0 Å². The third-order valence-electron chi connectivity index (χ3n) is 5.94. The van der Waals surface area contributed by atoms with E-state index in [1.54, 1.807) is 6.20 Å². The van der Waals surface area contributed by atoms with Crippen LogP contribution in [-0.2, 0) is 9.53 Å². The molecule has 2 N–H and O–H groups in total. The molecule has 2 aromatic heterocycles. The number of hydrogen-bond acceptors (Lipinski definition) is 9. The first-order valence-corrected chi connectivity index (χ1v) is 11.4. The molecule has 0 saturated carbocycles. The number of methoxy groups -OCH3 is 2. The molecule has 0 radical (unpaired) electrons. The minimum absolute atomic E-state index is 0.0298. The number of carbonyl (C=O) groups excluding carboxylic acids is 1. The standard InChI is InChI=1S/C25H27F2N5O4/c1-5-15(33)7-14-11-36-12-17(14)31-25-29-10-13-8-16(30-24(28-6-2)23(13)32-25)20-21(26)18(34-3)9-19(35-4)22(20)27/h5,8-10,14,17H,1,6-7,11-12H2,2-4H3,(H,28,30)(H,29,31,32)/t14-,17+/m0/s1. The quantitative estimate of drug-likeness (QED) is 0.400. The van der Waals surface area contributed by atoms with Crippen molar-refractivity contribution in [2.75, 3.05) is 44.6 Å². The zero-order valence-electron chi connectivity index (χ0n) is 20.2. The molecule has 0 amide bonds. The minimum atomic E-state index is -0.898. The van der Waals surface area contributed by atoms with Gasteiger partial charge in [0, 0.05) is 36.5 Å². The number of pyridine rings is 1. The van der Waals surface area contributed by atoms with Crippen LogP contribution in [0.5, 0.6) is 11.5 Å². The number of allylic oxidation sites excluding steroid dienone is 1. The van der Waals surface area contributed by atoms with Gasteiger partial charge in [-0.1, -0.05) is 6.58 Å². The smallest absolute Gasteiger partial charge is 0.223 e. The average Bonchev–Trinajstić information content (AvgIpc) is 3.30. The zero-order valence-corrected chi connectivity index (χ0v) is 20.2. The van der Waals surface area contributed by atoms with Crippen LogP contribution in [0.25, 0.3) is 22.2 Å². The fourth-order valence-electron chi connectivity index (χ4n) is 4.11. The Morgan fingerprint density at radius 2 is 1.92 bits per heavy atom. The number of fused-ring (bicyclic) bond motifs is 1. The second kappa shape index (κ2) is 10.8. The molecule has 4 rings (SSSR count). The van der Waals surface area contributed by atoms with Gasteiger partial charge in [-0.15, -0.1) is 0 Å². The van der Waals surface area contributed by atoms with Crippen LogP contribution in [0.3, 0.4) is 0 Å². The highest BCUT2D eigenvalue weighted by molar-refractivity contribution is 5.92. The molecule has 0 bridgehead atoms. The van der Waals surface area contributed by atoms with Crippen molar-refractivity contribution in [3.63, 3.8) is 0 Å². The average molecular weight is 500 g/mol. The summed E-state index contributed by atoms with van der Waals surface area (Å²) in [7, 11) is 2.57. The summed E-state index contributed by atoms with van der Waals surface area (Å²) in [6.07, 6.45) is 3.16. The van der Waals surface area contributed by atoms with E-state index in [1.165, 1.54) is 26.4 Å². The summed E-state index contributed by atoms with van der Waals surface area (Å²) in [6.45, 7) is 6.73. The third-order valence-corrected chi connectivity index (χ3v) is 5.94. The molecule has 0 spiro atoms. The van der Waals surface area contributed by atoms with Gasteiger partial charge in [0.2, 0.25) is 5.95 Å². The number of nitrogens with one attached hydrogen (secondary N) is 2. The Morgan fingerprint density at radius 3 is 2.56 bits per heavy atom. The van der Waals surface area contributed by atoms with Gasteiger partial charge in [-0.05, 0) is 19.1 Å². The van der Waals surface area contributed by atoms with Gasteiger partial charge >= 0.3 is 0 Å². The van der Waals surface area contributed by atoms with Gasteiger partial charge in [-0.3, -0.25) is 4.79 Å². The van der Waals surface area contributed by atoms with E-state index in [2.05, 4.69) is 32.2 Å². The summed E-state index contributed by atoms with van der Waals surface area (Å²) in [6, 6.07) is 2.49. The van der Waals surface area contributed by atoms with Crippen molar-refractivity contribution in [2.45, 2.75) is 19.4 Å². The topological polar surface area (TPSA) is 107 Å². The van der Waals surface area contributed by atoms with Crippen molar-refractivity contribution in [3.8, 4) is 22.8 Å². The molecule has 1 aromatic carbocycles. The molecule has 3 aromatic rings. The van der Waals surface area contributed by atoms with E-state index in [4.69, 9.17) is 14.2 Å². The predicted octanol–water partition coefficient (Wildman–Crippen LogP) is 3.99. The molecule has 190 valence electrons. The lowest BCUT2D eigenvalue weighted by Crippen LogP contribution is -2.30. The lowest BCUT2D eigenvalue weighted by molar-refractivity contribution is -0.115. The van der Waals surface area contributed by atoms with E-state index in [9.17, 15) is 4.79 Å². The normalized spacial score (nSPS) is 17.1. The largest absolute Gasteiger partial charge is 0.494 e. The van der Waals surface area contributed by atoms with Crippen molar-refractivity contribution in [3.05, 3.63) is 42.6 Å². The summed E-state index contributed by atoms with van der Waals surface area (Å²) < 4.78 is 45.9. The Labute approximate surface area is 206 Å². The van der Waals surface area contributed by atoms with Crippen LogP contribution in [0.15, 0.2) is 31.0 Å². The summed E-state index contributed by atoms with van der Waals surface area (Å²) in [4.78, 5) is 25.3. The Morgan fingerprint density at radius 1 is 1.19 bits per heavy atom. The molecule has 36 heavy (non-hydrogen) atoms. The van der Waals surface area contributed by atoms with Gasteiger partial charge in [0.25, 0.3) is 0 Å². The number of carbonyl (C=O) groups is 1. The van der Waals surface area contributed by atoms with Crippen LogP contribution in [0.1, 0.15) is 13.3 Å². The van der Waals surface area contributed by atoms with Gasteiger partial charge in [0.1, 0.15) is 5.52 Å². The molecule has 0 aliphatic carbocycles. The highest BCUT2D eigenvalue weighted by Crippen LogP contribution is 2.38. The summed E-state index contributed by atoms with van der Waals surface area (Å²) >= 11 is 0. The fourth-order valence-corrected chi connectivity index (χ4v) is 4.11. The molecule has 2 atom stereocenters. The second-order valence-corrected chi connectivity index (χ2v) is 8.22. The van der Waals surface area contributed by atoms with Crippen LogP contribution in [-0.4, -0.2) is 60.8 Å². The maximum Gasteiger partial charge on any atom is 0.223 e. The number of halogens is 2. The Balaban J connectivity index is 1.75. The number of anilines is 2. The lowest BCUT2D eigenvalue weighted by atomic mass is 9.97. The number of nitrogens with zero attached hydrogens (tertiary/aromatic N) is 3. The molecule has 11 heteroatoms. The molecule has 3 heterocycles. The predicted molar refractivity (Wildman–Crippen MR) is 131 cm³/mol. The van der Waals surface area contributed by atoms with Gasteiger partial charge < -0.3 is 24.8 Å². The molecule has 1 aliphatic heterocycles. The Hall–Kier alpha value is -3.86. The van der Waals surface area contributed by atoms with E-state index in [0.29, 0.717) is 48.8 Å². The Bertz CT molecular complexity index is 1280. The summed E-state index contributed by atoms with van der Waals surface area (Å²) in [5.41, 5.74) is 0.112. The SMILES string of the molecule is C=CC(=O)C[C@H]1COC[C@H]1Nc1ncc2cc(-c3c(F)c(OC)cc(OC)c3F)nc(NCC)c2n1. The molecule has 1 saturated heterocycles. The molecule has 1 aliphatic rings. The van der Waals surface area contributed by atoms with Crippen molar-refractivity contribution in [1.82, 2.24) is 15.0 Å². The Kier molecular flexibility index (Phi) is 7.58. The van der Waals surface area contributed by atoms with Crippen molar-refractivity contribution < 1.29 is 27.8 Å². The molecular formula is C25H27F2N5O4. The number of hydrogen-bond donors (Lipinski definition) is 2. The van der Waals surface area contributed by atoms with E-state index >= 15 is 8.78 Å². The maximum absolute atomic E-state index is 15.1. The lowest BCUT2D eigenvalue weighted by Gasteiger charge is -2.18. The zero-order chi connectivity index (χ0) is 25.8. The maximum atomic E-state index is 15.1. The molecule has 9 nitrogen and oxygen atoms in total. The van der Waals surface area contributed by atoms with Gasteiger partial charge in [-0.2, -0.15) is 0 Å². The van der Waals surface area contributed by atoms with Gasteiger partial charge in [0.15, 0.2) is 34.7 Å². The van der Waals surface area contributed by atoms with Crippen LogP contribution < -0.4 is 20.1 Å². The molecule has 0 unspecified atom stereocenters. The number of ether oxygens (including phenoxy) is 3. The van der Waals surface area contributed by atoms with E-state index < -0.39 is 11.6 Å². The summed E-state index contributed by atoms with van der Waals surface area (Å²) in [5, 5.41) is 6.85. The number of ketones is 1. The first-order chi connectivity index (χ1) is 17.4. The van der Waals surface area contributed by atoms with Gasteiger partial charge in [-0.25, -0.2) is 23.7 Å². The van der Waals surface area contributed by atoms with Crippen LogP contribution in [0.4, 0.5) is 20.5 Å². The highest BCUT2D eigenvalue weighted by Gasteiger charge is 2.30. The van der Waals surface area contributed by atoms with Crippen molar-refractivity contribution in [1.29, 1.82) is 0 Å². The van der Waals surface area contributed by atoms with Crippen LogP contribution >= 0.6 is 0 Å². The number of benzene rings is 1. The minimum Gasteiger partial charge on any atom is -0.494 e. The van der Waals surface area contributed by atoms with Crippen molar-refractivity contribution >= 4 is 28.5 Å². The van der Waals surface area contributed by atoms with Crippen molar-refractivity contribution in [2.24, 2.45) is 5.92 Å². The number of aromatic nitrogens is 3. The van der Waals surface area contributed by atoms with Gasteiger partial charge in [0.05, 0.1) is 44.7 Å². The number of rotatable bonds is 10. The first-order valence-electron chi connectivity index (χ1n) is 11.4. The molecule has 1 fully saturated rings. The summed E-state index contributed by atoms with van der Waals surface area (Å²) in [5.74, 6) is -1.59. The van der Waals surface area contributed by atoms with E-state index in [1.807, 2.05) is 6.92 Å². The highest BCUT2D eigenvalue weighted by atomic mass is 19.1. The second-order valence-electron chi connectivity index (χ2n) is 8.22. The van der Waals surface area contributed by atoms with E-state index in [0.717, 1.165) is 6.07 Å². The monoisotopic (exact) mass is 499 g/mol. The molecular weight excluding hydrogens is 472 g/mol. The van der Waals surface area contributed by atoms with Crippen LogP contribution in [0, 0.1) is 17.6 Å². The first kappa shape index (κ1) is 25.2. The third kappa shape index (κ3) is 4.92.